The summed E-state index contributed by atoms with van der Waals surface area (Å²) in [5.41, 5.74) is 0.649. The van der Waals surface area contributed by atoms with Crippen molar-refractivity contribution in [1.29, 1.82) is 0 Å². The molecule has 0 heterocycles. The van der Waals surface area contributed by atoms with Gasteiger partial charge in [-0.2, -0.15) is 0 Å². The lowest BCUT2D eigenvalue weighted by molar-refractivity contribution is 0.0773. The van der Waals surface area contributed by atoms with Gasteiger partial charge < -0.3 is 10.2 Å². The van der Waals surface area contributed by atoms with Crippen LogP contribution < -0.4 is 5.32 Å². The normalized spacial score (nSPS) is 10.4. The monoisotopic (exact) mass is 426 g/mol. The number of hydrogen-bond acceptors (Lipinski definition) is 2. The molecule has 0 aliphatic rings. The third-order valence-corrected chi connectivity index (χ3v) is 4.49. The number of nitrogens with one attached hydrogen (secondary N) is 1. The minimum absolute atomic E-state index is 0.0891. The van der Waals surface area contributed by atoms with Crippen molar-refractivity contribution in [3.05, 3.63) is 62.8 Å². The molecule has 2 rings (SSSR count). The van der Waals surface area contributed by atoms with Crippen molar-refractivity contribution in [2.24, 2.45) is 0 Å². The Morgan fingerprint density at radius 3 is 2.40 bits per heavy atom. The van der Waals surface area contributed by atoms with E-state index in [1.165, 1.54) is 24.3 Å². The van der Waals surface area contributed by atoms with Crippen LogP contribution >= 0.6 is 27.5 Å². The Bertz CT molecular complexity index is 810. The first kappa shape index (κ1) is 19.4. The van der Waals surface area contributed by atoms with Gasteiger partial charge in [-0.1, -0.05) is 27.5 Å². The van der Waals surface area contributed by atoms with E-state index in [2.05, 4.69) is 21.2 Å². The van der Waals surface area contributed by atoms with Crippen LogP contribution in [0.4, 0.5) is 10.1 Å². The van der Waals surface area contributed by atoms with E-state index in [0.717, 1.165) is 0 Å². The Labute approximate surface area is 159 Å². The Kier molecular flexibility index (Phi) is 6.56. The first-order valence-corrected chi connectivity index (χ1v) is 8.89. The van der Waals surface area contributed by atoms with Crippen LogP contribution in [0.5, 0.6) is 0 Å². The first-order chi connectivity index (χ1) is 11.9. The summed E-state index contributed by atoms with van der Waals surface area (Å²) in [4.78, 5) is 26.2. The van der Waals surface area contributed by atoms with Gasteiger partial charge in [-0.3, -0.25) is 9.59 Å². The van der Waals surface area contributed by atoms with E-state index in [0.29, 0.717) is 28.8 Å². The lowest BCUT2D eigenvalue weighted by atomic mass is 10.1. The quantitative estimate of drug-likeness (QED) is 0.732. The third kappa shape index (κ3) is 4.58. The lowest BCUT2D eigenvalue weighted by Crippen LogP contribution is -2.30. The van der Waals surface area contributed by atoms with E-state index in [1.807, 2.05) is 13.8 Å². The molecule has 4 nitrogen and oxygen atoms in total. The fraction of sp³-hybridized carbons (Fsp3) is 0.222. The predicted molar refractivity (Wildman–Crippen MR) is 101 cm³/mol. The second-order valence-electron chi connectivity index (χ2n) is 5.25. The average molecular weight is 428 g/mol. The van der Waals surface area contributed by atoms with E-state index >= 15 is 0 Å². The Morgan fingerprint density at radius 2 is 1.80 bits per heavy atom. The van der Waals surface area contributed by atoms with Gasteiger partial charge in [0.05, 0.1) is 16.1 Å². The molecule has 2 aromatic rings. The number of anilines is 1. The summed E-state index contributed by atoms with van der Waals surface area (Å²) in [6.45, 7) is 4.92. The number of rotatable bonds is 5. The summed E-state index contributed by atoms with van der Waals surface area (Å²) in [5.74, 6) is -1.40. The summed E-state index contributed by atoms with van der Waals surface area (Å²) in [5, 5.41) is 2.81. The fourth-order valence-corrected chi connectivity index (χ4v) is 2.94. The van der Waals surface area contributed by atoms with Crippen LogP contribution in [-0.2, 0) is 0 Å². The molecule has 2 aromatic carbocycles. The second kappa shape index (κ2) is 8.45. The van der Waals surface area contributed by atoms with E-state index in [9.17, 15) is 14.0 Å². The zero-order valence-corrected chi connectivity index (χ0v) is 16.1. The van der Waals surface area contributed by atoms with Gasteiger partial charge in [-0.25, -0.2) is 4.39 Å². The summed E-state index contributed by atoms with van der Waals surface area (Å²) < 4.78 is 14.4. The van der Waals surface area contributed by atoms with Crippen molar-refractivity contribution in [3.8, 4) is 0 Å². The van der Waals surface area contributed by atoms with Crippen LogP contribution in [0.3, 0.4) is 0 Å². The minimum Gasteiger partial charge on any atom is -0.339 e. The van der Waals surface area contributed by atoms with Gasteiger partial charge in [0.15, 0.2) is 0 Å². The van der Waals surface area contributed by atoms with Crippen molar-refractivity contribution < 1.29 is 14.0 Å². The van der Waals surface area contributed by atoms with Crippen LogP contribution in [0.2, 0.25) is 5.02 Å². The molecule has 2 amide bonds. The van der Waals surface area contributed by atoms with E-state index < -0.39 is 11.7 Å². The molecule has 0 atom stereocenters. The maximum atomic E-state index is 13.8. The van der Waals surface area contributed by atoms with Gasteiger partial charge in [0.1, 0.15) is 5.82 Å². The second-order valence-corrected chi connectivity index (χ2v) is 6.57. The Balaban J connectivity index is 2.22. The van der Waals surface area contributed by atoms with Crippen LogP contribution in [0, 0.1) is 5.82 Å². The molecule has 0 aliphatic heterocycles. The number of halogens is 3. The molecule has 132 valence electrons. The number of amides is 2. The van der Waals surface area contributed by atoms with Crippen molar-refractivity contribution in [2.45, 2.75) is 13.8 Å². The van der Waals surface area contributed by atoms with E-state index in [1.54, 1.807) is 17.0 Å². The molecule has 0 saturated carbocycles. The molecular weight excluding hydrogens is 411 g/mol. The highest BCUT2D eigenvalue weighted by Gasteiger charge is 2.17. The largest absolute Gasteiger partial charge is 0.339 e. The molecular formula is C18H17BrClFN2O2. The zero-order chi connectivity index (χ0) is 18.6. The topological polar surface area (TPSA) is 49.4 Å². The molecule has 0 fully saturated rings. The molecule has 7 heteroatoms. The van der Waals surface area contributed by atoms with Gasteiger partial charge in [0.2, 0.25) is 0 Å². The zero-order valence-electron chi connectivity index (χ0n) is 13.8. The van der Waals surface area contributed by atoms with Gasteiger partial charge in [-0.05, 0) is 50.2 Å². The average Bonchev–Trinajstić information content (AvgIpc) is 2.58. The van der Waals surface area contributed by atoms with Crippen molar-refractivity contribution in [3.63, 3.8) is 0 Å². The number of nitrogens with zero attached hydrogens (tertiary/aromatic N) is 1. The van der Waals surface area contributed by atoms with Crippen LogP contribution in [-0.4, -0.2) is 29.8 Å². The smallest absolute Gasteiger partial charge is 0.258 e. The third-order valence-electron chi connectivity index (χ3n) is 3.68. The number of carbonyl (C=O) groups is 2. The van der Waals surface area contributed by atoms with Gasteiger partial charge in [0, 0.05) is 23.2 Å². The minimum atomic E-state index is -0.625. The Hall–Kier alpha value is -1.92. The van der Waals surface area contributed by atoms with E-state index in [-0.39, 0.29) is 16.5 Å². The number of hydrogen-bond donors (Lipinski definition) is 1. The van der Waals surface area contributed by atoms with Crippen molar-refractivity contribution >= 4 is 45.0 Å². The molecule has 0 unspecified atom stereocenters. The van der Waals surface area contributed by atoms with Crippen LogP contribution in [0.25, 0.3) is 0 Å². The van der Waals surface area contributed by atoms with Gasteiger partial charge in [0.25, 0.3) is 11.8 Å². The van der Waals surface area contributed by atoms with Crippen LogP contribution in [0.15, 0.2) is 40.9 Å². The predicted octanol–water partition coefficient (Wildman–Crippen LogP) is 4.98. The first-order valence-electron chi connectivity index (χ1n) is 7.72. The summed E-state index contributed by atoms with van der Waals surface area (Å²) in [6.07, 6.45) is 0. The highest BCUT2D eigenvalue weighted by Crippen LogP contribution is 2.24. The maximum Gasteiger partial charge on any atom is 0.258 e. The fourth-order valence-electron chi connectivity index (χ4n) is 2.32. The summed E-state index contributed by atoms with van der Waals surface area (Å²) in [7, 11) is 0. The molecule has 0 aliphatic carbocycles. The molecule has 0 radical (unpaired) electrons. The molecule has 0 saturated heterocycles. The van der Waals surface area contributed by atoms with Gasteiger partial charge >= 0.3 is 0 Å². The van der Waals surface area contributed by atoms with Gasteiger partial charge in [-0.15, -0.1) is 0 Å². The van der Waals surface area contributed by atoms with Crippen molar-refractivity contribution in [2.75, 3.05) is 18.4 Å². The lowest BCUT2D eigenvalue weighted by Gasteiger charge is -2.19. The number of benzene rings is 2. The molecule has 0 aromatic heterocycles. The van der Waals surface area contributed by atoms with E-state index in [4.69, 9.17) is 11.6 Å². The highest BCUT2D eigenvalue weighted by atomic mass is 79.9. The van der Waals surface area contributed by atoms with Crippen LogP contribution in [0.1, 0.15) is 34.6 Å². The highest BCUT2D eigenvalue weighted by molar-refractivity contribution is 9.10. The molecule has 1 N–H and O–H groups in total. The van der Waals surface area contributed by atoms with Crippen molar-refractivity contribution in [1.82, 2.24) is 4.90 Å². The molecule has 0 bridgehead atoms. The summed E-state index contributed by atoms with van der Waals surface area (Å²) >= 11 is 9.39. The molecule has 0 spiro atoms. The Morgan fingerprint density at radius 1 is 1.12 bits per heavy atom. The standard InChI is InChI=1S/C18H17BrClFN2O2/c1-3-23(4-2)18(25)13-7-6-12(10-15(13)20)22-17(24)14-9-11(19)5-8-16(14)21/h5-10H,3-4H2,1-2H3,(H,22,24). The number of carbonyl (C=O) groups excluding carboxylic acids is 2. The molecule has 25 heavy (non-hydrogen) atoms. The maximum absolute atomic E-state index is 13.8. The SMILES string of the molecule is CCN(CC)C(=O)c1ccc(NC(=O)c2cc(Br)ccc2F)cc1Cl. The summed E-state index contributed by atoms with van der Waals surface area (Å²) in [6, 6.07) is 8.71.